The minimum absolute atomic E-state index is 0.0720. The Balaban J connectivity index is 1.63. The van der Waals surface area contributed by atoms with Gasteiger partial charge in [0, 0.05) is 12.1 Å². The van der Waals surface area contributed by atoms with Gasteiger partial charge < -0.3 is 14.1 Å². The Morgan fingerprint density at radius 2 is 2.20 bits per heavy atom. The Kier molecular flexibility index (Phi) is 4.02. The van der Waals surface area contributed by atoms with Crippen LogP contribution >= 0.6 is 0 Å². The van der Waals surface area contributed by atoms with Crippen LogP contribution in [0.2, 0.25) is 0 Å². The topological polar surface area (TPSA) is 86.3 Å². The summed E-state index contributed by atoms with van der Waals surface area (Å²) < 4.78 is 12.8. The second-order valence-electron chi connectivity index (χ2n) is 5.84. The van der Waals surface area contributed by atoms with Crippen molar-refractivity contribution in [2.75, 3.05) is 19.8 Å². The molecule has 0 bridgehead atoms. The molecule has 1 aromatic carbocycles. The standard InChI is InChI=1S/C17H17N5O3/c1-12-5-6-16(25-12)15-10-24-8-7-21(15)17(23)13-3-2-4-14(9-13)22-11-18-19-20-22/h2-6,9,11,15H,7-8,10H2,1H3. The molecule has 2 aromatic heterocycles. The molecule has 4 rings (SSSR count). The third-order valence-corrected chi connectivity index (χ3v) is 4.19. The number of hydrogen-bond acceptors (Lipinski definition) is 6. The Hall–Kier alpha value is -3.00. The van der Waals surface area contributed by atoms with Crippen LogP contribution in [-0.2, 0) is 4.74 Å². The van der Waals surface area contributed by atoms with Crippen LogP contribution in [0.4, 0.5) is 0 Å². The van der Waals surface area contributed by atoms with E-state index in [1.165, 1.54) is 11.0 Å². The molecule has 0 aliphatic carbocycles. The second kappa shape index (κ2) is 6.48. The predicted molar refractivity (Wildman–Crippen MR) is 87.2 cm³/mol. The lowest BCUT2D eigenvalue weighted by Gasteiger charge is -2.34. The summed E-state index contributed by atoms with van der Waals surface area (Å²) in [5.74, 6) is 1.48. The van der Waals surface area contributed by atoms with E-state index in [9.17, 15) is 4.79 Å². The van der Waals surface area contributed by atoms with Crippen LogP contribution < -0.4 is 0 Å². The molecule has 0 radical (unpaired) electrons. The minimum atomic E-state index is -0.230. The number of amides is 1. The molecule has 1 saturated heterocycles. The molecule has 1 aliphatic heterocycles. The summed E-state index contributed by atoms with van der Waals surface area (Å²) in [6, 6.07) is 10.8. The van der Waals surface area contributed by atoms with Crippen LogP contribution in [-0.4, -0.2) is 50.8 Å². The molecule has 8 nitrogen and oxygen atoms in total. The molecule has 8 heteroatoms. The van der Waals surface area contributed by atoms with E-state index in [1.54, 1.807) is 17.0 Å². The summed E-state index contributed by atoms with van der Waals surface area (Å²) in [5.41, 5.74) is 1.30. The van der Waals surface area contributed by atoms with Crippen molar-refractivity contribution in [3.8, 4) is 5.69 Å². The molecule has 1 amide bonds. The van der Waals surface area contributed by atoms with E-state index in [-0.39, 0.29) is 11.9 Å². The van der Waals surface area contributed by atoms with Crippen molar-refractivity contribution in [1.82, 2.24) is 25.1 Å². The van der Waals surface area contributed by atoms with Gasteiger partial charge in [0.2, 0.25) is 0 Å². The zero-order valence-corrected chi connectivity index (χ0v) is 13.7. The number of tetrazole rings is 1. The summed E-state index contributed by atoms with van der Waals surface area (Å²) in [4.78, 5) is 14.9. The Morgan fingerprint density at radius 3 is 2.96 bits per heavy atom. The van der Waals surface area contributed by atoms with Crippen LogP contribution in [0.3, 0.4) is 0 Å². The molecule has 0 N–H and O–H groups in total. The van der Waals surface area contributed by atoms with E-state index in [2.05, 4.69) is 15.5 Å². The number of hydrogen-bond donors (Lipinski definition) is 0. The number of aromatic nitrogens is 4. The van der Waals surface area contributed by atoms with Crippen LogP contribution in [0.1, 0.15) is 27.9 Å². The van der Waals surface area contributed by atoms with E-state index in [4.69, 9.17) is 9.15 Å². The highest BCUT2D eigenvalue weighted by Crippen LogP contribution is 2.27. The Morgan fingerprint density at radius 1 is 1.28 bits per heavy atom. The van der Waals surface area contributed by atoms with Crippen LogP contribution in [0.25, 0.3) is 5.69 Å². The highest BCUT2D eigenvalue weighted by atomic mass is 16.5. The van der Waals surface area contributed by atoms with Crippen LogP contribution in [0, 0.1) is 6.92 Å². The van der Waals surface area contributed by atoms with E-state index in [0.717, 1.165) is 17.2 Å². The molecule has 0 spiro atoms. The highest BCUT2D eigenvalue weighted by molar-refractivity contribution is 5.95. The number of carbonyl (C=O) groups excluding carboxylic acids is 1. The monoisotopic (exact) mass is 339 g/mol. The molecule has 1 unspecified atom stereocenters. The number of ether oxygens (including phenoxy) is 1. The third-order valence-electron chi connectivity index (χ3n) is 4.19. The molecule has 1 fully saturated rings. The molecule has 3 heterocycles. The van der Waals surface area contributed by atoms with E-state index < -0.39 is 0 Å². The maximum atomic E-state index is 13.1. The predicted octanol–water partition coefficient (Wildman–Crippen LogP) is 1.78. The van der Waals surface area contributed by atoms with Gasteiger partial charge in [0.25, 0.3) is 5.91 Å². The van der Waals surface area contributed by atoms with Crippen molar-refractivity contribution >= 4 is 5.91 Å². The van der Waals surface area contributed by atoms with Gasteiger partial charge in [-0.05, 0) is 47.7 Å². The summed E-state index contributed by atoms with van der Waals surface area (Å²) in [6.07, 6.45) is 1.49. The van der Waals surface area contributed by atoms with Gasteiger partial charge in [-0.1, -0.05) is 6.07 Å². The van der Waals surface area contributed by atoms with Gasteiger partial charge in [-0.15, -0.1) is 5.10 Å². The Bertz CT molecular complexity index is 874. The SMILES string of the molecule is Cc1ccc(C2COCCN2C(=O)c2cccc(-n3cnnn3)c2)o1. The Labute approximate surface area is 144 Å². The van der Waals surface area contributed by atoms with Crippen LogP contribution in [0.15, 0.2) is 47.1 Å². The van der Waals surface area contributed by atoms with Gasteiger partial charge in [-0.25, -0.2) is 4.68 Å². The maximum absolute atomic E-state index is 13.1. The van der Waals surface area contributed by atoms with E-state index in [1.807, 2.05) is 31.2 Å². The fourth-order valence-corrected chi connectivity index (χ4v) is 2.94. The average Bonchev–Trinajstić information content (AvgIpc) is 3.33. The van der Waals surface area contributed by atoms with E-state index in [0.29, 0.717) is 25.3 Å². The summed E-state index contributed by atoms with van der Waals surface area (Å²) in [7, 11) is 0. The lowest BCUT2D eigenvalue weighted by Crippen LogP contribution is -2.43. The highest BCUT2D eigenvalue weighted by Gasteiger charge is 2.31. The third kappa shape index (κ3) is 3.03. The van der Waals surface area contributed by atoms with Gasteiger partial charge in [0.15, 0.2) is 0 Å². The van der Waals surface area contributed by atoms with Gasteiger partial charge >= 0.3 is 0 Å². The van der Waals surface area contributed by atoms with Gasteiger partial charge in [-0.2, -0.15) is 0 Å². The lowest BCUT2D eigenvalue weighted by atomic mass is 10.1. The molecule has 1 aliphatic rings. The summed E-state index contributed by atoms with van der Waals surface area (Å²) in [6.45, 7) is 3.33. The quantitative estimate of drug-likeness (QED) is 0.723. The first kappa shape index (κ1) is 15.5. The first-order valence-corrected chi connectivity index (χ1v) is 8.01. The molecular weight excluding hydrogens is 322 g/mol. The smallest absolute Gasteiger partial charge is 0.254 e. The van der Waals surface area contributed by atoms with E-state index >= 15 is 0 Å². The second-order valence-corrected chi connectivity index (χ2v) is 5.84. The van der Waals surface area contributed by atoms with Crippen molar-refractivity contribution < 1.29 is 13.9 Å². The number of morpholine rings is 1. The summed E-state index contributed by atoms with van der Waals surface area (Å²) >= 11 is 0. The number of carbonyl (C=O) groups is 1. The van der Waals surface area contributed by atoms with Crippen molar-refractivity contribution in [1.29, 1.82) is 0 Å². The number of benzene rings is 1. The largest absolute Gasteiger partial charge is 0.464 e. The van der Waals surface area contributed by atoms with Gasteiger partial charge in [0.1, 0.15) is 23.9 Å². The lowest BCUT2D eigenvalue weighted by molar-refractivity contribution is -0.00895. The molecule has 0 saturated carbocycles. The van der Waals surface area contributed by atoms with Gasteiger partial charge in [-0.3, -0.25) is 4.79 Å². The minimum Gasteiger partial charge on any atom is -0.464 e. The fraction of sp³-hybridized carbons (Fsp3) is 0.294. The fourth-order valence-electron chi connectivity index (χ4n) is 2.94. The molecule has 25 heavy (non-hydrogen) atoms. The molecule has 128 valence electrons. The van der Waals surface area contributed by atoms with Crippen LogP contribution in [0.5, 0.6) is 0 Å². The zero-order valence-electron chi connectivity index (χ0n) is 13.7. The first-order valence-electron chi connectivity index (χ1n) is 8.01. The number of furan rings is 1. The van der Waals surface area contributed by atoms with Crippen molar-refractivity contribution in [3.05, 3.63) is 59.8 Å². The summed E-state index contributed by atoms with van der Waals surface area (Å²) in [5, 5.41) is 11.1. The molecule has 3 aromatic rings. The van der Waals surface area contributed by atoms with Crippen molar-refractivity contribution in [2.45, 2.75) is 13.0 Å². The van der Waals surface area contributed by atoms with Crippen molar-refractivity contribution in [2.24, 2.45) is 0 Å². The molecule has 1 atom stereocenters. The first-order chi connectivity index (χ1) is 12.2. The maximum Gasteiger partial charge on any atom is 0.254 e. The zero-order chi connectivity index (χ0) is 17.2. The molecular formula is C17H17N5O3. The number of nitrogens with zero attached hydrogens (tertiary/aromatic N) is 5. The van der Waals surface area contributed by atoms with Gasteiger partial charge in [0.05, 0.1) is 18.9 Å². The number of rotatable bonds is 3. The number of aryl methyl sites for hydroxylation is 1. The van der Waals surface area contributed by atoms with Crippen molar-refractivity contribution in [3.63, 3.8) is 0 Å². The normalized spacial score (nSPS) is 17.6. The average molecular weight is 339 g/mol.